The highest BCUT2D eigenvalue weighted by atomic mass is 16.6. The van der Waals surface area contributed by atoms with Crippen molar-refractivity contribution in [2.45, 2.75) is 47.1 Å². The Labute approximate surface area is 231 Å². The van der Waals surface area contributed by atoms with Gasteiger partial charge in [0.1, 0.15) is 5.75 Å². The van der Waals surface area contributed by atoms with Crippen LogP contribution in [-0.2, 0) is 10.3 Å². The van der Waals surface area contributed by atoms with Crippen LogP contribution in [0.25, 0.3) is 0 Å². The molecule has 2 aliphatic rings. The number of nitrogens with one attached hydrogen (secondary N) is 1. The predicted molar refractivity (Wildman–Crippen MR) is 158 cm³/mol. The van der Waals surface area contributed by atoms with Crippen molar-refractivity contribution in [1.29, 1.82) is 0 Å². The third-order valence-corrected chi connectivity index (χ3v) is 7.75. The number of esters is 1. The maximum Gasteiger partial charge on any atom is 0.340 e. The molecule has 0 aromatic heterocycles. The second-order valence-electron chi connectivity index (χ2n) is 10.3. The van der Waals surface area contributed by atoms with Crippen LogP contribution in [-0.4, -0.2) is 19.1 Å². The normalized spacial score (nSPS) is 22.2. The Kier molecular flexibility index (Phi) is 7.09. The lowest BCUT2D eigenvalue weighted by atomic mass is 9.79. The number of benzene rings is 3. The largest absolute Gasteiger partial charge is 0.464 e. The fourth-order valence-corrected chi connectivity index (χ4v) is 5.57. The summed E-state index contributed by atoms with van der Waals surface area (Å²) in [6.45, 7) is 14.3. The summed E-state index contributed by atoms with van der Waals surface area (Å²) < 4.78 is 12.7. The highest BCUT2D eigenvalue weighted by Gasteiger charge is 2.50. The van der Waals surface area contributed by atoms with E-state index in [1.54, 1.807) is 6.26 Å². The molecule has 2 heterocycles. The van der Waals surface area contributed by atoms with Gasteiger partial charge in [-0.05, 0) is 94.7 Å². The van der Waals surface area contributed by atoms with Gasteiger partial charge in [-0.2, -0.15) is 0 Å². The Hall–Kier alpha value is -4.25. The van der Waals surface area contributed by atoms with E-state index >= 15 is 0 Å². The van der Waals surface area contributed by atoms with Crippen LogP contribution < -0.4 is 15.0 Å². The first kappa shape index (κ1) is 26.4. The third kappa shape index (κ3) is 4.63. The molecule has 2 aliphatic heterocycles. The number of aryl methyl sites for hydroxylation is 2. The van der Waals surface area contributed by atoms with Gasteiger partial charge in [-0.3, -0.25) is 0 Å². The standard InChI is InChI=1S/C34H36N2O3/c1-7-36(8-2)26-14-15-29-32(21-26)38-18-17-23(4)31(35-30-16-13-22(3)19-24(30)5)20-25(6)34(29)28-12-10-9-11-27(28)33(37)39-34/h9-21,35H,7-8H2,1-6H3/b18-17+,25-20+,31-23+. The summed E-state index contributed by atoms with van der Waals surface area (Å²) in [5.41, 5.74) is 8.26. The zero-order valence-electron chi connectivity index (χ0n) is 23.6. The summed E-state index contributed by atoms with van der Waals surface area (Å²) in [7, 11) is 0. The molecule has 0 fully saturated rings. The maximum atomic E-state index is 13.3. The molecule has 3 aromatic carbocycles. The summed E-state index contributed by atoms with van der Waals surface area (Å²) in [6, 6.07) is 20.2. The number of carbonyl (C=O) groups is 1. The molecule has 0 saturated heterocycles. The Morgan fingerprint density at radius 1 is 0.897 bits per heavy atom. The van der Waals surface area contributed by atoms with Crippen molar-refractivity contribution >= 4 is 17.3 Å². The number of hydrogen-bond acceptors (Lipinski definition) is 5. The molecule has 0 aliphatic carbocycles. The van der Waals surface area contributed by atoms with Gasteiger partial charge in [0.25, 0.3) is 0 Å². The minimum Gasteiger partial charge on any atom is -0.464 e. The van der Waals surface area contributed by atoms with E-state index in [1.165, 1.54) is 5.56 Å². The van der Waals surface area contributed by atoms with Gasteiger partial charge >= 0.3 is 5.97 Å². The van der Waals surface area contributed by atoms with E-state index in [-0.39, 0.29) is 5.97 Å². The smallest absolute Gasteiger partial charge is 0.340 e. The molecule has 1 unspecified atom stereocenters. The lowest BCUT2D eigenvalue weighted by molar-refractivity contribution is 0.0233. The first-order valence-electron chi connectivity index (χ1n) is 13.6. The van der Waals surface area contributed by atoms with Gasteiger partial charge in [0.2, 0.25) is 0 Å². The minimum absolute atomic E-state index is 0.339. The highest BCUT2D eigenvalue weighted by Crippen LogP contribution is 2.51. The van der Waals surface area contributed by atoms with Gasteiger partial charge in [0, 0.05) is 47.4 Å². The van der Waals surface area contributed by atoms with Gasteiger partial charge in [-0.25, -0.2) is 4.79 Å². The molecule has 0 amide bonds. The van der Waals surface area contributed by atoms with Gasteiger partial charge < -0.3 is 19.7 Å². The molecule has 1 spiro atoms. The van der Waals surface area contributed by atoms with Crippen molar-refractivity contribution in [1.82, 2.24) is 0 Å². The van der Waals surface area contributed by atoms with Gasteiger partial charge in [0.05, 0.1) is 11.8 Å². The minimum atomic E-state index is -1.13. The number of carbonyl (C=O) groups excluding carboxylic acids is 1. The van der Waals surface area contributed by atoms with Crippen molar-refractivity contribution in [2.75, 3.05) is 23.3 Å². The first-order valence-corrected chi connectivity index (χ1v) is 13.6. The summed E-state index contributed by atoms with van der Waals surface area (Å²) >= 11 is 0. The highest BCUT2D eigenvalue weighted by molar-refractivity contribution is 5.96. The molecule has 0 radical (unpaired) electrons. The summed E-state index contributed by atoms with van der Waals surface area (Å²) in [6.07, 6.45) is 5.78. The van der Waals surface area contributed by atoms with Crippen LogP contribution in [0, 0.1) is 13.8 Å². The zero-order valence-corrected chi connectivity index (χ0v) is 23.6. The first-order chi connectivity index (χ1) is 18.8. The molecular formula is C34H36N2O3. The van der Waals surface area contributed by atoms with Crippen molar-refractivity contribution in [2.24, 2.45) is 0 Å². The summed E-state index contributed by atoms with van der Waals surface area (Å²) in [5.74, 6) is 0.320. The monoisotopic (exact) mass is 520 g/mol. The Morgan fingerprint density at radius 2 is 1.67 bits per heavy atom. The zero-order chi connectivity index (χ0) is 27.7. The quantitative estimate of drug-likeness (QED) is 0.348. The molecule has 39 heavy (non-hydrogen) atoms. The molecule has 0 saturated carbocycles. The van der Waals surface area contributed by atoms with Crippen molar-refractivity contribution in [3.05, 3.63) is 124 Å². The number of allylic oxidation sites excluding steroid dienone is 3. The average Bonchev–Trinajstić information content (AvgIpc) is 3.23. The van der Waals surface area contributed by atoms with Crippen LogP contribution in [0.1, 0.15) is 60.3 Å². The van der Waals surface area contributed by atoms with Crippen LogP contribution in [0.2, 0.25) is 0 Å². The summed E-state index contributed by atoms with van der Waals surface area (Å²) in [5, 5.41) is 3.63. The second kappa shape index (κ2) is 10.5. The molecule has 5 heteroatoms. The maximum absolute atomic E-state index is 13.3. The second-order valence-corrected chi connectivity index (χ2v) is 10.3. The third-order valence-electron chi connectivity index (χ3n) is 7.75. The molecule has 200 valence electrons. The molecule has 1 atom stereocenters. The van der Waals surface area contributed by atoms with Crippen LogP contribution in [0.15, 0.2) is 95.9 Å². The van der Waals surface area contributed by atoms with E-state index in [4.69, 9.17) is 9.47 Å². The molecule has 3 aromatic rings. The Morgan fingerprint density at radius 3 is 2.41 bits per heavy atom. The predicted octanol–water partition coefficient (Wildman–Crippen LogP) is 7.80. The number of hydrogen-bond donors (Lipinski definition) is 1. The van der Waals surface area contributed by atoms with Crippen molar-refractivity contribution in [3.8, 4) is 5.75 Å². The number of nitrogens with zero attached hydrogens (tertiary/aromatic N) is 1. The number of ether oxygens (including phenoxy) is 2. The van der Waals surface area contributed by atoms with Gasteiger partial charge in [-0.1, -0.05) is 35.9 Å². The van der Waals surface area contributed by atoms with E-state index < -0.39 is 5.60 Å². The number of rotatable bonds is 5. The fraction of sp³-hybridized carbons (Fsp3) is 0.265. The van der Waals surface area contributed by atoms with Crippen molar-refractivity contribution < 1.29 is 14.3 Å². The van der Waals surface area contributed by atoms with Crippen LogP contribution >= 0.6 is 0 Å². The van der Waals surface area contributed by atoms with Crippen LogP contribution in [0.5, 0.6) is 5.75 Å². The van der Waals surface area contributed by atoms with Gasteiger partial charge in [0.15, 0.2) is 5.60 Å². The van der Waals surface area contributed by atoms with Crippen molar-refractivity contribution in [3.63, 3.8) is 0 Å². The van der Waals surface area contributed by atoms with E-state index in [2.05, 4.69) is 68.3 Å². The lowest BCUT2D eigenvalue weighted by Crippen LogP contribution is -2.31. The number of fused-ring (bicyclic) bond motifs is 4. The van der Waals surface area contributed by atoms with E-state index in [0.717, 1.165) is 58.0 Å². The van der Waals surface area contributed by atoms with E-state index in [9.17, 15) is 4.79 Å². The SMILES string of the molecule is CCN(CC)c1ccc2c(c1)O/C=C/C(C)=C(Nc1ccc(C)cc1C)\C=C(/C)C21OC(=O)c2ccccc21. The van der Waals surface area contributed by atoms with Crippen LogP contribution in [0.4, 0.5) is 11.4 Å². The molecular weight excluding hydrogens is 484 g/mol. The van der Waals surface area contributed by atoms with Crippen LogP contribution in [0.3, 0.4) is 0 Å². The molecule has 1 N–H and O–H groups in total. The Balaban J connectivity index is 1.74. The molecule has 5 rings (SSSR count). The van der Waals surface area contributed by atoms with Gasteiger partial charge in [-0.15, -0.1) is 0 Å². The molecule has 0 bridgehead atoms. The Bertz CT molecular complexity index is 1530. The number of anilines is 2. The molecule has 5 nitrogen and oxygen atoms in total. The fourth-order valence-electron chi connectivity index (χ4n) is 5.57. The lowest BCUT2D eigenvalue weighted by Gasteiger charge is -2.33. The average molecular weight is 521 g/mol. The summed E-state index contributed by atoms with van der Waals surface area (Å²) in [4.78, 5) is 15.6. The van der Waals surface area contributed by atoms with E-state index in [0.29, 0.717) is 11.3 Å². The van der Waals surface area contributed by atoms with E-state index in [1.807, 2.05) is 56.3 Å². The topological polar surface area (TPSA) is 50.8 Å².